The molecule has 0 aromatic heterocycles. The zero-order valence-corrected chi connectivity index (χ0v) is 10.5. The first-order valence-corrected chi connectivity index (χ1v) is 5.89. The van der Waals surface area contributed by atoms with Crippen LogP contribution in [-0.2, 0) is 4.74 Å². The molecule has 1 aliphatic rings. The minimum absolute atomic E-state index is 0.0434. The van der Waals surface area contributed by atoms with Gasteiger partial charge in [-0.15, -0.1) is 0 Å². The van der Waals surface area contributed by atoms with Crippen molar-refractivity contribution in [2.24, 2.45) is 0 Å². The molecular formula is C13H17F2NO2. The molecule has 1 atom stereocenters. The number of nitrogens with one attached hydrogen (secondary N) is 1. The van der Waals surface area contributed by atoms with Crippen molar-refractivity contribution < 1.29 is 18.3 Å². The number of morpholine rings is 1. The Kier molecular flexibility index (Phi) is 3.82. The van der Waals surface area contributed by atoms with E-state index in [-0.39, 0.29) is 11.6 Å². The molecule has 1 aromatic rings. The van der Waals surface area contributed by atoms with Crippen LogP contribution in [0.3, 0.4) is 0 Å². The number of halogens is 2. The van der Waals surface area contributed by atoms with Gasteiger partial charge >= 0.3 is 0 Å². The molecule has 0 saturated carbocycles. The molecule has 1 unspecified atom stereocenters. The van der Waals surface area contributed by atoms with Gasteiger partial charge in [0.1, 0.15) is 12.4 Å². The number of hydrogen-bond acceptors (Lipinski definition) is 3. The number of benzene rings is 1. The summed E-state index contributed by atoms with van der Waals surface area (Å²) in [6.07, 6.45) is 0. The second-order valence-corrected chi connectivity index (χ2v) is 5.13. The lowest BCUT2D eigenvalue weighted by atomic mass is 10.0. The van der Waals surface area contributed by atoms with Crippen molar-refractivity contribution in [1.82, 2.24) is 5.32 Å². The third kappa shape index (κ3) is 3.40. The lowest BCUT2D eigenvalue weighted by molar-refractivity contribution is 0.000911. The fourth-order valence-corrected chi connectivity index (χ4v) is 1.95. The van der Waals surface area contributed by atoms with E-state index < -0.39 is 11.6 Å². The zero-order valence-electron chi connectivity index (χ0n) is 10.5. The van der Waals surface area contributed by atoms with Gasteiger partial charge in [0.05, 0.1) is 19.3 Å². The van der Waals surface area contributed by atoms with Crippen LogP contribution >= 0.6 is 0 Å². The van der Waals surface area contributed by atoms with Gasteiger partial charge < -0.3 is 14.8 Å². The Morgan fingerprint density at radius 3 is 2.83 bits per heavy atom. The Morgan fingerprint density at radius 1 is 1.39 bits per heavy atom. The normalized spacial score (nSPS) is 22.8. The average Bonchev–Trinajstić information content (AvgIpc) is 2.29. The maximum absolute atomic E-state index is 13.0. The van der Waals surface area contributed by atoms with Crippen LogP contribution in [-0.4, -0.2) is 31.4 Å². The lowest BCUT2D eigenvalue weighted by Crippen LogP contribution is -2.57. The summed E-state index contributed by atoms with van der Waals surface area (Å²) in [5, 5.41) is 3.37. The van der Waals surface area contributed by atoms with Crippen LogP contribution in [0.15, 0.2) is 18.2 Å². The fourth-order valence-electron chi connectivity index (χ4n) is 1.95. The molecule has 1 aliphatic heterocycles. The van der Waals surface area contributed by atoms with Crippen molar-refractivity contribution in [3.05, 3.63) is 29.8 Å². The Labute approximate surface area is 105 Å². The summed E-state index contributed by atoms with van der Waals surface area (Å²) in [5.41, 5.74) is -0.0969. The fraction of sp³-hybridized carbons (Fsp3) is 0.538. The Morgan fingerprint density at radius 2 is 2.17 bits per heavy atom. The maximum Gasteiger partial charge on any atom is 0.162 e. The van der Waals surface area contributed by atoms with E-state index in [0.29, 0.717) is 25.6 Å². The van der Waals surface area contributed by atoms with E-state index in [0.717, 1.165) is 12.1 Å². The molecule has 0 aliphatic carbocycles. The zero-order chi connectivity index (χ0) is 13.2. The molecule has 100 valence electrons. The minimum Gasteiger partial charge on any atom is -0.492 e. The van der Waals surface area contributed by atoms with Crippen LogP contribution in [0.1, 0.15) is 13.8 Å². The summed E-state index contributed by atoms with van der Waals surface area (Å²) < 4.78 is 36.6. The summed E-state index contributed by atoms with van der Waals surface area (Å²) in [7, 11) is 0. The maximum atomic E-state index is 13.0. The van der Waals surface area contributed by atoms with E-state index in [1.807, 2.05) is 13.8 Å². The summed E-state index contributed by atoms with van der Waals surface area (Å²) in [6, 6.07) is 3.55. The smallest absolute Gasteiger partial charge is 0.162 e. The topological polar surface area (TPSA) is 30.5 Å². The van der Waals surface area contributed by atoms with Gasteiger partial charge in [0, 0.05) is 11.6 Å². The van der Waals surface area contributed by atoms with Gasteiger partial charge in [-0.2, -0.15) is 0 Å². The van der Waals surface area contributed by atoms with E-state index >= 15 is 0 Å². The van der Waals surface area contributed by atoms with Crippen LogP contribution in [0.2, 0.25) is 0 Å². The van der Waals surface area contributed by atoms with Crippen molar-refractivity contribution in [1.29, 1.82) is 0 Å². The van der Waals surface area contributed by atoms with Crippen LogP contribution in [0.4, 0.5) is 8.78 Å². The van der Waals surface area contributed by atoms with Crippen molar-refractivity contribution in [2.75, 3.05) is 19.8 Å². The molecule has 5 heteroatoms. The standard InChI is InChI=1S/C13H17F2NO2/c1-13(2)8-17-6-9(16-13)7-18-10-3-4-11(14)12(15)5-10/h3-5,9,16H,6-8H2,1-2H3. The molecule has 0 bridgehead atoms. The largest absolute Gasteiger partial charge is 0.492 e. The van der Waals surface area contributed by atoms with E-state index in [4.69, 9.17) is 9.47 Å². The molecule has 0 amide bonds. The highest BCUT2D eigenvalue weighted by molar-refractivity contribution is 5.23. The molecule has 2 rings (SSSR count). The van der Waals surface area contributed by atoms with Gasteiger partial charge in [0.25, 0.3) is 0 Å². The van der Waals surface area contributed by atoms with Gasteiger partial charge in [0.2, 0.25) is 0 Å². The minimum atomic E-state index is -0.902. The quantitative estimate of drug-likeness (QED) is 0.899. The number of hydrogen-bond donors (Lipinski definition) is 1. The second-order valence-electron chi connectivity index (χ2n) is 5.13. The van der Waals surface area contributed by atoms with Crippen molar-refractivity contribution in [2.45, 2.75) is 25.4 Å². The molecule has 1 saturated heterocycles. The Balaban J connectivity index is 1.89. The molecule has 1 N–H and O–H groups in total. The molecule has 3 nitrogen and oxygen atoms in total. The summed E-state index contributed by atoms with van der Waals surface area (Å²) in [5.74, 6) is -1.46. The van der Waals surface area contributed by atoms with E-state index in [1.54, 1.807) is 0 Å². The predicted octanol–water partition coefficient (Wildman–Crippen LogP) is 2.11. The summed E-state index contributed by atoms with van der Waals surface area (Å²) >= 11 is 0. The molecule has 1 aromatic carbocycles. The molecule has 1 heterocycles. The van der Waals surface area contributed by atoms with Crippen molar-refractivity contribution in [3.63, 3.8) is 0 Å². The van der Waals surface area contributed by atoms with Crippen LogP contribution in [0.5, 0.6) is 5.75 Å². The SMILES string of the molecule is CC1(C)COCC(COc2ccc(F)c(F)c2)N1. The van der Waals surface area contributed by atoms with Crippen LogP contribution in [0, 0.1) is 11.6 Å². The number of ether oxygens (including phenoxy) is 2. The third-order valence-electron chi connectivity index (χ3n) is 2.72. The third-order valence-corrected chi connectivity index (χ3v) is 2.72. The number of rotatable bonds is 3. The average molecular weight is 257 g/mol. The molecule has 0 spiro atoms. The lowest BCUT2D eigenvalue weighted by Gasteiger charge is -2.36. The molecule has 1 fully saturated rings. The highest BCUT2D eigenvalue weighted by Gasteiger charge is 2.27. The summed E-state index contributed by atoms with van der Waals surface area (Å²) in [6.45, 7) is 5.63. The first-order chi connectivity index (χ1) is 8.46. The van der Waals surface area contributed by atoms with Crippen molar-refractivity contribution >= 4 is 0 Å². The van der Waals surface area contributed by atoms with E-state index in [9.17, 15) is 8.78 Å². The van der Waals surface area contributed by atoms with E-state index in [2.05, 4.69) is 5.32 Å². The molecule has 0 radical (unpaired) electrons. The predicted molar refractivity (Wildman–Crippen MR) is 63.7 cm³/mol. The van der Waals surface area contributed by atoms with Gasteiger partial charge in [0.15, 0.2) is 11.6 Å². The van der Waals surface area contributed by atoms with Crippen LogP contribution in [0.25, 0.3) is 0 Å². The highest BCUT2D eigenvalue weighted by Crippen LogP contribution is 2.17. The first kappa shape index (κ1) is 13.2. The monoisotopic (exact) mass is 257 g/mol. The Bertz CT molecular complexity index is 423. The van der Waals surface area contributed by atoms with Gasteiger partial charge in [-0.25, -0.2) is 8.78 Å². The van der Waals surface area contributed by atoms with Gasteiger partial charge in [-0.3, -0.25) is 0 Å². The van der Waals surface area contributed by atoms with E-state index in [1.165, 1.54) is 6.07 Å². The second kappa shape index (κ2) is 5.20. The first-order valence-electron chi connectivity index (χ1n) is 5.89. The molecule has 18 heavy (non-hydrogen) atoms. The van der Waals surface area contributed by atoms with Crippen LogP contribution < -0.4 is 10.1 Å². The van der Waals surface area contributed by atoms with Crippen molar-refractivity contribution in [3.8, 4) is 5.75 Å². The Hall–Kier alpha value is -1.20. The summed E-state index contributed by atoms with van der Waals surface area (Å²) in [4.78, 5) is 0. The van der Waals surface area contributed by atoms with Gasteiger partial charge in [-0.1, -0.05) is 0 Å². The van der Waals surface area contributed by atoms with Gasteiger partial charge in [-0.05, 0) is 26.0 Å². The molecular weight excluding hydrogens is 240 g/mol. The highest BCUT2D eigenvalue weighted by atomic mass is 19.2.